The van der Waals surface area contributed by atoms with Gasteiger partial charge in [0.15, 0.2) is 0 Å². The zero-order valence-corrected chi connectivity index (χ0v) is 12.3. The first-order valence-electron chi connectivity index (χ1n) is 6.51. The van der Waals surface area contributed by atoms with Crippen LogP contribution in [0.15, 0.2) is 30.3 Å². The van der Waals surface area contributed by atoms with Gasteiger partial charge in [0.25, 0.3) is 0 Å². The molecule has 1 aromatic heterocycles. The largest absolute Gasteiger partial charge is 0.487 e. The van der Waals surface area contributed by atoms with Crippen LogP contribution in [0.4, 0.5) is 0 Å². The Morgan fingerprint density at radius 1 is 1.26 bits per heavy atom. The van der Waals surface area contributed by atoms with Gasteiger partial charge in [0.1, 0.15) is 17.5 Å². The van der Waals surface area contributed by atoms with Gasteiger partial charge in [0.2, 0.25) is 0 Å². The molecule has 0 amide bonds. The van der Waals surface area contributed by atoms with E-state index in [9.17, 15) is 5.11 Å². The summed E-state index contributed by atoms with van der Waals surface area (Å²) in [6.07, 6.45) is 0.361. The van der Waals surface area contributed by atoms with Crippen LogP contribution < -0.4 is 4.74 Å². The fraction of sp³-hybridized carbons (Fsp3) is 0.375. The third kappa shape index (κ3) is 2.40. The van der Waals surface area contributed by atoms with E-state index in [1.54, 1.807) is 11.3 Å². The molecule has 1 aliphatic heterocycles. The molecule has 1 N–H and O–H groups in total. The molecule has 1 aliphatic rings. The third-order valence-electron chi connectivity index (χ3n) is 3.43. The first kappa shape index (κ1) is 12.7. The summed E-state index contributed by atoms with van der Waals surface area (Å²) in [6, 6.07) is 10.0. The van der Waals surface area contributed by atoms with Gasteiger partial charge in [0.05, 0.1) is 0 Å². The summed E-state index contributed by atoms with van der Waals surface area (Å²) in [6.45, 7) is 6.23. The van der Waals surface area contributed by atoms with Gasteiger partial charge >= 0.3 is 0 Å². The number of hydrogen-bond acceptors (Lipinski definition) is 3. The lowest BCUT2D eigenvalue weighted by Gasteiger charge is -2.16. The van der Waals surface area contributed by atoms with Crippen LogP contribution in [-0.4, -0.2) is 10.7 Å². The standard InChI is InChI=1S/C16H18O2S/c1-10-4-7-14(19-10)15(17)11-5-6-13-12(8-11)9-16(2,3)18-13/h4-8,15,17H,9H2,1-3H3. The Kier molecular flexibility index (Phi) is 2.91. The molecule has 0 spiro atoms. The lowest BCUT2D eigenvalue weighted by atomic mass is 9.98. The van der Waals surface area contributed by atoms with Gasteiger partial charge in [-0.05, 0) is 56.2 Å². The van der Waals surface area contributed by atoms with Gasteiger partial charge in [-0.3, -0.25) is 0 Å². The Labute approximate surface area is 117 Å². The van der Waals surface area contributed by atoms with Crippen LogP contribution in [0.3, 0.4) is 0 Å². The Bertz CT molecular complexity index is 613. The first-order chi connectivity index (χ1) is 8.94. The molecule has 0 saturated heterocycles. The van der Waals surface area contributed by atoms with E-state index in [4.69, 9.17) is 4.74 Å². The fourth-order valence-electron chi connectivity index (χ4n) is 2.56. The van der Waals surface area contributed by atoms with Crippen LogP contribution in [0.5, 0.6) is 5.75 Å². The lowest BCUT2D eigenvalue weighted by molar-refractivity contribution is 0.138. The van der Waals surface area contributed by atoms with Crippen LogP contribution in [0.2, 0.25) is 0 Å². The van der Waals surface area contributed by atoms with Crippen molar-refractivity contribution in [2.24, 2.45) is 0 Å². The van der Waals surface area contributed by atoms with Crippen molar-refractivity contribution < 1.29 is 9.84 Å². The number of aryl methyl sites for hydroxylation is 1. The maximum absolute atomic E-state index is 10.4. The maximum atomic E-state index is 10.4. The van der Waals surface area contributed by atoms with Crippen molar-refractivity contribution in [1.29, 1.82) is 0 Å². The summed E-state index contributed by atoms with van der Waals surface area (Å²) < 4.78 is 5.86. The Hall–Kier alpha value is -1.32. The van der Waals surface area contributed by atoms with Gasteiger partial charge in [-0.15, -0.1) is 11.3 Å². The number of ether oxygens (including phenoxy) is 1. The normalized spacial score (nSPS) is 17.9. The second-order valence-electron chi connectivity index (χ2n) is 5.76. The monoisotopic (exact) mass is 274 g/mol. The number of thiophene rings is 1. The first-order valence-corrected chi connectivity index (χ1v) is 7.32. The van der Waals surface area contributed by atoms with Crippen molar-refractivity contribution in [3.8, 4) is 5.75 Å². The van der Waals surface area contributed by atoms with Gasteiger partial charge < -0.3 is 9.84 Å². The van der Waals surface area contributed by atoms with Gasteiger partial charge in [-0.25, -0.2) is 0 Å². The maximum Gasteiger partial charge on any atom is 0.123 e. The molecular formula is C16H18O2S. The minimum Gasteiger partial charge on any atom is -0.487 e. The van der Waals surface area contributed by atoms with E-state index in [2.05, 4.69) is 26.8 Å². The molecule has 2 aromatic rings. The Balaban J connectivity index is 1.92. The quantitative estimate of drug-likeness (QED) is 0.901. The van der Waals surface area contributed by atoms with Crippen molar-refractivity contribution in [2.75, 3.05) is 0 Å². The van der Waals surface area contributed by atoms with Gasteiger partial charge in [-0.1, -0.05) is 6.07 Å². The van der Waals surface area contributed by atoms with Crippen LogP contribution in [-0.2, 0) is 6.42 Å². The molecule has 0 fully saturated rings. The second kappa shape index (κ2) is 4.36. The molecule has 100 valence electrons. The number of aliphatic hydroxyl groups excluding tert-OH is 1. The molecule has 1 unspecified atom stereocenters. The van der Waals surface area contributed by atoms with Gasteiger partial charge in [0, 0.05) is 16.2 Å². The minimum atomic E-state index is -0.535. The van der Waals surface area contributed by atoms with Gasteiger partial charge in [-0.2, -0.15) is 0 Å². The minimum absolute atomic E-state index is 0.134. The fourth-order valence-corrected chi connectivity index (χ4v) is 3.46. The molecule has 1 aromatic carbocycles. The van der Waals surface area contributed by atoms with Crippen molar-refractivity contribution in [1.82, 2.24) is 0 Å². The molecular weight excluding hydrogens is 256 g/mol. The van der Waals surface area contributed by atoms with E-state index in [0.717, 1.165) is 22.6 Å². The molecule has 2 nitrogen and oxygen atoms in total. The van der Waals surface area contributed by atoms with E-state index in [1.807, 2.05) is 24.3 Å². The molecule has 3 rings (SSSR count). The molecule has 0 aliphatic carbocycles. The highest BCUT2D eigenvalue weighted by atomic mass is 32.1. The highest BCUT2D eigenvalue weighted by Gasteiger charge is 2.30. The van der Waals surface area contributed by atoms with E-state index in [0.29, 0.717) is 0 Å². The number of fused-ring (bicyclic) bond motifs is 1. The molecule has 19 heavy (non-hydrogen) atoms. The number of hydrogen-bond donors (Lipinski definition) is 1. The van der Waals surface area contributed by atoms with Crippen LogP contribution in [0.25, 0.3) is 0 Å². The molecule has 1 atom stereocenters. The smallest absolute Gasteiger partial charge is 0.123 e. The number of rotatable bonds is 2. The van der Waals surface area contributed by atoms with Crippen molar-refractivity contribution in [2.45, 2.75) is 38.9 Å². The highest BCUT2D eigenvalue weighted by molar-refractivity contribution is 7.12. The van der Waals surface area contributed by atoms with Crippen LogP contribution >= 0.6 is 11.3 Å². The third-order valence-corrected chi connectivity index (χ3v) is 4.49. The van der Waals surface area contributed by atoms with Crippen LogP contribution in [0.1, 0.15) is 40.8 Å². The zero-order valence-electron chi connectivity index (χ0n) is 11.4. The van der Waals surface area contributed by atoms with Crippen molar-refractivity contribution in [3.05, 3.63) is 51.2 Å². The number of aliphatic hydroxyl groups is 1. The SMILES string of the molecule is Cc1ccc(C(O)c2ccc3c(c2)CC(C)(C)O3)s1. The van der Waals surface area contributed by atoms with Crippen molar-refractivity contribution >= 4 is 11.3 Å². The summed E-state index contributed by atoms with van der Waals surface area (Å²) in [4.78, 5) is 2.22. The van der Waals surface area contributed by atoms with E-state index >= 15 is 0 Å². The number of benzene rings is 1. The molecule has 0 radical (unpaired) electrons. The average Bonchev–Trinajstić information content (AvgIpc) is 2.88. The summed E-state index contributed by atoms with van der Waals surface area (Å²) in [7, 11) is 0. The zero-order chi connectivity index (χ0) is 13.6. The summed E-state index contributed by atoms with van der Waals surface area (Å²) in [5.74, 6) is 0.948. The molecule has 0 bridgehead atoms. The molecule has 2 heterocycles. The highest BCUT2D eigenvalue weighted by Crippen LogP contribution is 2.37. The second-order valence-corrected chi connectivity index (χ2v) is 7.08. The lowest BCUT2D eigenvalue weighted by Crippen LogP contribution is -2.24. The molecule has 0 saturated carbocycles. The summed E-state index contributed by atoms with van der Waals surface area (Å²) in [5.41, 5.74) is 2.00. The summed E-state index contributed by atoms with van der Waals surface area (Å²) >= 11 is 1.64. The Morgan fingerprint density at radius 2 is 2.05 bits per heavy atom. The predicted octanol–water partition coefficient (Wildman–Crippen LogP) is 3.85. The average molecular weight is 274 g/mol. The van der Waals surface area contributed by atoms with E-state index < -0.39 is 6.10 Å². The van der Waals surface area contributed by atoms with Crippen molar-refractivity contribution in [3.63, 3.8) is 0 Å². The predicted molar refractivity (Wildman–Crippen MR) is 78.0 cm³/mol. The Morgan fingerprint density at radius 3 is 2.74 bits per heavy atom. The van der Waals surface area contributed by atoms with Crippen LogP contribution in [0, 0.1) is 6.92 Å². The topological polar surface area (TPSA) is 29.5 Å². The van der Waals surface area contributed by atoms with E-state index in [1.165, 1.54) is 10.4 Å². The summed E-state index contributed by atoms with van der Waals surface area (Å²) in [5, 5.41) is 10.4. The van der Waals surface area contributed by atoms with E-state index in [-0.39, 0.29) is 5.60 Å². The molecule has 3 heteroatoms.